The number of hydrogen-bond acceptors (Lipinski definition) is 7. The van der Waals surface area contributed by atoms with Crippen LogP contribution in [-0.4, -0.2) is 29.4 Å². The van der Waals surface area contributed by atoms with E-state index in [1.807, 2.05) is 22.6 Å². The molecule has 1 atom stereocenters. The molecule has 3 aromatic rings. The normalized spacial score (nSPS) is 15.7. The number of carbonyl (C=O) groups is 1. The maximum atomic E-state index is 13.6. The van der Waals surface area contributed by atoms with E-state index in [0.717, 1.165) is 5.56 Å². The third kappa shape index (κ3) is 4.51. The van der Waals surface area contributed by atoms with E-state index in [1.54, 1.807) is 56.3 Å². The number of allylic oxidation sites excluding steroid dienone is 1. The van der Waals surface area contributed by atoms with Crippen LogP contribution in [0.25, 0.3) is 6.08 Å². The summed E-state index contributed by atoms with van der Waals surface area (Å²) in [6, 6.07) is 9.71. The summed E-state index contributed by atoms with van der Waals surface area (Å²) in [5, 5.41) is 10.7. The van der Waals surface area contributed by atoms with Gasteiger partial charge in [0.15, 0.2) is 16.3 Å². The lowest BCUT2D eigenvalue weighted by Gasteiger charge is -2.24. The molecule has 0 spiro atoms. The molecule has 176 valence electrons. The van der Waals surface area contributed by atoms with Gasteiger partial charge in [-0.05, 0) is 77.9 Å². The maximum absolute atomic E-state index is 13.6. The van der Waals surface area contributed by atoms with Crippen molar-refractivity contribution in [3.05, 3.63) is 87.1 Å². The highest BCUT2D eigenvalue weighted by Crippen LogP contribution is 2.33. The molecule has 4 rings (SSSR count). The minimum Gasteiger partial charge on any atom is -0.504 e. The first kappa shape index (κ1) is 24.5. The van der Waals surface area contributed by atoms with Crippen LogP contribution in [0.2, 0.25) is 5.02 Å². The van der Waals surface area contributed by atoms with Crippen molar-refractivity contribution < 1.29 is 19.4 Å². The predicted octanol–water partition coefficient (Wildman–Crippen LogP) is 3.77. The number of fused-ring (bicyclic) bond motifs is 1. The molecule has 0 bridgehead atoms. The van der Waals surface area contributed by atoms with E-state index in [4.69, 9.17) is 21.1 Å². The zero-order valence-corrected chi connectivity index (χ0v) is 22.2. The third-order valence-electron chi connectivity index (χ3n) is 5.27. The van der Waals surface area contributed by atoms with Crippen molar-refractivity contribution in [3.63, 3.8) is 0 Å². The monoisotopic (exact) mass is 610 g/mol. The molecule has 0 unspecified atom stereocenters. The Hall–Kier alpha value is -2.63. The molecule has 0 aliphatic carbocycles. The number of thiazole rings is 1. The van der Waals surface area contributed by atoms with Crippen molar-refractivity contribution in [1.29, 1.82) is 0 Å². The first-order valence-electron chi connectivity index (χ1n) is 10.3. The summed E-state index contributed by atoms with van der Waals surface area (Å²) in [4.78, 5) is 31.5. The molecule has 1 aliphatic rings. The first-order chi connectivity index (χ1) is 16.2. The van der Waals surface area contributed by atoms with Crippen molar-refractivity contribution >= 4 is 57.6 Å². The molecule has 1 N–H and O–H groups in total. The van der Waals surface area contributed by atoms with Crippen LogP contribution in [0.15, 0.2) is 57.5 Å². The summed E-state index contributed by atoms with van der Waals surface area (Å²) in [5.74, 6) is -0.166. The summed E-state index contributed by atoms with van der Waals surface area (Å²) >= 11 is 9.31. The number of phenolic OH excluding ortho intramolecular Hbond substituents is 1. The van der Waals surface area contributed by atoms with E-state index in [0.29, 0.717) is 40.5 Å². The van der Waals surface area contributed by atoms with Gasteiger partial charge >= 0.3 is 5.97 Å². The Balaban J connectivity index is 1.95. The van der Waals surface area contributed by atoms with E-state index in [-0.39, 0.29) is 17.9 Å². The zero-order valence-electron chi connectivity index (χ0n) is 18.5. The Morgan fingerprint density at radius 3 is 2.68 bits per heavy atom. The van der Waals surface area contributed by atoms with Gasteiger partial charge in [-0.25, -0.2) is 9.79 Å². The van der Waals surface area contributed by atoms with Gasteiger partial charge in [-0.15, -0.1) is 0 Å². The molecule has 2 heterocycles. The van der Waals surface area contributed by atoms with Crippen molar-refractivity contribution in [2.24, 2.45) is 4.99 Å². The van der Waals surface area contributed by atoms with E-state index in [1.165, 1.54) is 23.0 Å². The number of rotatable bonds is 5. The summed E-state index contributed by atoms with van der Waals surface area (Å²) < 4.78 is 13.1. The van der Waals surface area contributed by atoms with Crippen LogP contribution >= 0.6 is 45.5 Å². The van der Waals surface area contributed by atoms with Crippen molar-refractivity contribution in [2.75, 3.05) is 13.7 Å². The van der Waals surface area contributed by atoms with Gasteiger partial charge < -0.3 is 14.6 Å². The van der Waals surface area contributed by atoms with Crippen molar-refractivity contribution in [2.45, 2.75) is 19.9 Å². The van der Waals surface area contributed by atoms with Gasteiger partial charge in [-0.2, -0.15) is 0 Å². The van der Waals surface area contributed by atoms with Crippen LogP contribution in [0.3, 0.4) is 0 Å². The lowest BCUT2D eigenvalue weighted by molar-refractivity contribution is -0.139. The van der Waals surface area contributed by atoms with E-state index >= 15 is 0 Å². The topological polar surface area (TPSA) is 90.1 Å². The third-order valence-corrected chi connectivity index (χ3v) is 7.33. The van der Waals surface area contributed by atoms with E-state index in [9.17, 15) is 14.7 Å². The predicted molar refractivity (Wildman–Crippen MR) is 139 cm³/mol. The molecule has 0 fully saturated rings. The number of esters is 1. The van der Waals surface area contributed by atoms with Gasteiger partial charge in [-0.3, -0.25) is 9.36 Å². The molecule has 10 heteroatoms. The van der Waals surface area contributed by atoms with Crippen molar-refractivity contribution in [3.8, 4) is 11.5 Å². The van der Waals surface area contributed by atoms with Crippen LogP contribution in [0.4, 0.5) is 0 Å². The number of phenols is 1. The molecule has 7 nitrogen and oxygen atoms in total. The molecule has 0 amide bonds. The Bertz CT molecular complexity index is 1490. The van der Waals surface area contributed by atoms with Gasteiger partial charge in [0.05, 0.1) is 39.1 Å². The van der Waals surface area contributed by atoms with E-state index < -0.39 is 12.0 Å². The van der Waals surface area contributed by atoms with Crippen LogP contribution in [-0.2, 0) is 9.53 Å². The van der Waals surface area contributed by atoms with Gasteiger partial charge in [0, 0.05) is 5.02 Å². The van der Waals surface area contributed by atoms with Gasteiger partial charge in [0.25, 0.3) is 5.56 Å². The largest absolute Gasteiger partial charge is 0.504 e. The molecular weight excluding hydrogens is 591 g/mol. The Morgan fingerprint density at radius 2 is 2.03 bits per heavy atom. The fraction of sp³-hybridized carbons (Fsp3) is 0.208. The zero-order chi connectivity index (χ0) is 24.6. The number of benzene rings is 2. The highest BCUT2D eigenvalue weighted by atomic mass is 127. The number of hydrogen-bond donors (Lipinski definition) is 1. The molecule has 1 aromatic heterocycles. The fourth-order valence-corrected chi connectivity index (χ4v) is 5.53. The summed E-state index contributed by atoms with van der Waals surface area (Å²) in [5.41, 5.74) is 1.92. The summed E-state index contributed by atoms with van der Waals surface area (Å²) in [7, 11) is 1.47. The molecule has 0 saturated carbocycles. The lowest BCUT2D eigenvalue weighted by atomic mass is 9.96. The smallest absolute Gasteiger partial charge is 0.338 e. The summed E-state index contributed by atoms with van der Waals surface area (Å²) in [6.07, 6.45) is 1.72. The maximum Gasteiger partial charge on any atom is 0.338 e. The Morgan fingerprint density at radius 1 is 1.32 bits per heavy atom. The average molecular weight is 611 g/mol. The SMILES string of the molecule is CCOC(=O)C1=C(C)N=c2s/c(=C/c3cc(I)c(O)c(OC)c3)c(=O)n2[C@H]1c1ccc(Cl)cc1. The van der Waals surface area contributed by atoms with Crippen molar-refractivity contribution in [1.82, 2.24) is 4.57 Å². The molecule has 2 aromatic carbocycles. The number of methoxy groups -OCH3 is 1. The Kier molecular flexibility index (Phi) is 7.15. The Labute approximate surface area is 217 Å². The van der Waals surface area contributed by atoms with E-state index in [2.05, 4.69) is 4.99 Å². The number of aromatic hydroxyl groups is 1. The summed E-state index contributed by atoms with van der Waals surface area (Å²) in [6.45, 7) is 3.67. The van der Waals surface area contributed by atoms with Crippen LogP contribution in [0.5, 0.6) is 11.5 Å². The highest BCUT2D eigenvalue weighted by molar-refractivity contribution is 14.1. The minimum absolute atomic E-state index is 0.0409. The number of carbonyl (C=O) groups excluding carboxylic acids is 1. The van der Waals surface area contributed by atoms with Gasteiger partial charge in [0.2, 0.25) is 0 Å². The first-order valence-corrected chi connectivity index (χ1v) is 12.5. The number of aromatic nitrogens is 1. The second-order valence-corrected chi connectivity index (χ2v) is 10.0. The molecular formula is C24H20ClIN2O5S. The average Bonchev–Trinajstić information content (AvgIpc) is 3.10. The van der Waals surface area contributed by atoms with Gasteiger partial charge in [-0.1, -0.05) is 35.1 Å². The number of halogens is 2. The lowest BCUT2D eigenvalue weighted by Crippen LogP contribution is -2.39. The second kappa shape index (κ2) is 9.93. The molecule has 0 radical (unpaired) electrons. The quantitative estimate of drug-likeness (QED) is 0.351. The fourth-order valence-electron chi connectivity index (χ4n) is 3.74. The van der Waals surface area contributed by atoms with Crippen LogP contribution < -0.4 is 19.6 Å². The standard InChI is InChI=1S/C24H20ClIN2O5S/c1-4-33-23(31)19-12(2)27-24-28(20(19)14-5-7-15(25)8-6-14)22(30)18(34-24)11-13-9-16(26)21(29)17(10-13)32-3/h5-11,20,29H,4H2,1-3H3/b18-11+/t20-/m0/s1. The van der Waals surface area contributed by atoms with Crippen LogP contribution in [0.1, 0.15) is 31.0 Å². The molecule has 34 heavy (non-hydrogen) atoms. The second-order valence-electron chi connectivity index (χ2n) is 7.41. The molecule has 1 aliphatic heterocycles. The molecule has 0 saturated heterocycles. The van der Waals surface area contributed by atoms with Crippen LogP contribution in [0, 0.1) is 3.57 Å². The minimum atomic E-state index is -0.704. The number of ether oxygens (including phenoxy) is 2. The van der Waals surface area contributed by atoms with Gasteiger partial charge in [0.1, 0.15) is 0 Å². The number of nitrogens with zero attached hydrogens (tertiary/aromatic N) is 2. The highest BCUT2D eigenvalue weighted by Gasteiger charge is 2.33.